The fraction of sp³-hybridized carbons (Fsp3) is 0.412. The molecule has 112 valence electrons. The molecular weight excluding hydrogens is 266 g/mol. The van der Waals surface area contributed by atoms with Gasteiger partial charge in [-0.3, -0.25) is 4.79 Å². The minimum atomic E-state index is -0.930. The zero-order valence-electron chi connectivity index (χ0n) is 12.0. The molecule has 0 aliphatic heterocycles. The number of carboxylic acids is 1. The first kappa shape index (κ1) is 15.3. The number of amides is 1. The van der Waals surface area contributed by atoms with E-state index < -0.39 is 5.97 Å². The van der Waals surface area contributed by atoms with Gasteiger partial charge in [0.15, 0.2) is 0 Å². The lowest BCUT2D eigenvalue weighted by Gasteiger charge is -2.18. The van der Waals surface area contributed by atoms with E-state index in [-0.39, 0.29) is 11.5 Å². The van der Waals surface area contributed by atoms with Crippen LogP contribution in [0.4, 0.5) is 0 Å². The molecule has 0 fully saturated rings. The summed E-state index contributed by atoms with van der Waals surface area (Å²) in [6.07, 6.45) is 8.76. The number of aryl methyl sites for hydroxylation is 1. The van der Waals surface area contributed by atoms with Gasteiger partial charge in [0, 0.05) is 13.0 Å². The summed E-state index contributed by atoms with van der Waals surface area (Å²) in [5, 5.41) is 11.8. The third-order valence-corrected chi connectivity index (χ3v) is 3.81. The Kier molecular flexibility index (Phi) is 5.55. The quantitative estimate of drug-likeness (QED) is 0.791. The molecule has 0 bridgehead atoms. The number of hydrogen-bond donors (Lipinski definition) is 2. The minimum Gasteiger partial charge on any atom is -0.478 e. The van der Waals surface area contributed by atoms with Crippen LogP contribution in [-0.2, 0) is 11.2 Å². The van der Waals surface area contributed by atoms with E-state index in [4.69, 9.17) is 5.11 Å². The summed E-state index contributed by atoms with van der Waals surface area (Å²) in [5.74, 6) is -0.304. The zero-order chi connectivity index (χ0) is 15.1. The van der Waals surface area contributed by atoms with Crippen molar-refractivity contribution in [2.45, 2.75) is 32.1 Å². The fourth-order valence-corrected chi connectivity index (χ4v) is 2.46. The van der Waals surface area contributed by atoms with Gasteiger partial charge in [0.05, 0.1) is 5.56 Å². The second-order valence-electron chi connectivity index (χ2n) is 5.46. The number of aromatic carboxylic acids is 1. The number of rotatable bonds is 6. The molecule has 1 aliphatic rings. The largest absolute Gasteiger partial charge is 0.478 e. The van der Waals surface area contributed by atoms with Gasteiger partial charge in [-0.1, -0.05) is 24.3 Å². The maximum absolute atomic E-state index is 11.8. The maximum atomic E-state index is 11.8. The smallest absolute Gasteiger partial charge is 0.335 e. The number of carbonyl (C=O) groups is 2. The molecule has 1 unspecified atom stereocenters. The Bertz CT molecular complexity index is 519. The highest BCUT2D eigenvalue weighted by molar-refractivity contribution is 5.87. The van der Waals surface area contributed by atoms with Gasteiger partial charge in [-0.15, -0.1) is 0 Å². The van der Waals surface area contributed by atoms with E-state index in [9.17, 15) is 9.59 Å². The van der Waals surface area contributed by atoms with Gasteiger partial charge in [0.25, 0.3) is 0 Å². The van der Waals surface area contributed by atoms with Crippen LogP contribution in [0.2, 0.25) is 0 Å². The van der Waals surface area contributed by atoms with Gasteiger partial charge in [0.2, 0.25) is 5.91 Å². The molecule has 1 aliphatic carbocycles. The highest BCUT2D eigenvalue weighted by Crippen LogP contribution is 2.16. The first-order valence-electron chi connectivity index (χ1n) is 7.39. The van der Waals surface area contributed by atoms with Crippen molar-refractivity contribution in [1.29, 1.82) is 0 Å². The molecule has 4 nitrogen and oxygen atoms in total. The third-order valence-electron chi connectivity index (χ3n) is 3.81. The molecule has 0 saturated heterocycles. The Labute approximate surface area is 124 Å². The molecule has 0 aromatic heterocycles. The standard InChI is InChI=1S/C17H21NO3/c19-16(18-12-14-4-2-1-3-5-14)11-8-13-6-9-15(10-7-13)17(20)21/h1-2,6-7,9-10,14H,3-5,8,11-12H2,(H,18,19)(H,20,21). The van der Waals surface area contributed by atoms with Crippen LogP contribution in [0.3, 0.4) is 0 Å². The lowest BCUT2D eigenvalue weighted by Crippen LogP contribution is -2.29. The Morgan fingerprint density at radius 3 is 2.57 bits per heavy atom. The van der Waals surface area contributed by atoms with Crippen molar-refractivity contribution in [2.75, 3.05) is 6.54 Å². The molecule has 1 amide bonds. The van der Waals surface area contributed by atoms with E-state index in [0.717, 1.165) is 31.4 Å². The Balaban J connectivity index is 1.70. The SMILES string of the molecule is O=C(CCc1ccc(C(=O)O)cc1)NCC1CC=CCC1. The van der Waals surface area contributed by atoms with Crippen molar-refractivity contribution in [3.8, 4) is 0 Å². The summed E-state index contributed by atoms with van der Waals surface area (Å²) >= 11 is 0. The molecule has 2 rings (SSSR count). The van der Waals surface area contributed by atoms with Crippen LogP contribution in [0.25, 0.3) is 0 Å². The second kappa shape index (κ2) is 7.62. The first-order valence-corrected chi connectivity index (χ1v) is 7.39. The van der Waals surface area contributed by atoms with E-state index >= 15 is 0 Å². The minimum absolute atomic E-state index is 0.0619. The van der Waals surface area contributed by atoms with Crippen LogP contribution in [0.1, 0.15) is 41.6 Å². The average molecular weight is 287 g/mol. The van der Waals surface area contributed by atoms with Crippen molar-refractivity contribution in [3.63, 3.8) is 0 Å². The third kappa shape index (κ3) is 5.06. The molecule has 0 heterocycles. The van der Waals surface area contributed by atoms with Crippen LogP contribution in [0.15, 0.2) is 36.4 Å². The van der Waals surface area contributed by atoms with Gasteiger partial charge in [0.1, 0.15) is 0 Å². The second-order valence-corrected chi connectivity index (χ2v) is 5.46. The molecule has 0 saturated carbocycles. The van der Waals surface area contributed by atoms with Gasteiger partial charge >= 0.3 is 5.97 Å². The van der Waals surface area contributed by atoms with Crippen LogP contribution < -0.4 is 5.32 Å². The van der Waals surface area contributed by atoms with Crippen molar-refractivity contribution in [1.82, 2.24) is 5.32 Å². The Morgan fingerprint density at radius 2 is 1.95 bits per heavy atom. The topological polar surface area (TPSA) is 66.4 Å². The van der Waals surface area contributed by atoms with E-state index in [1.165, 1.54) is 0 Å². The van der Waals surface area contributed by atoms with E-state index in [1.807, 2.05) is 0 Å². The summed E-state index contributed by atoms with van der Waals surface area (Å²) in [5.41, 5.74) is 1.25. The van der Waals surface area contributed by atoms with Gasteiger partial charge < -0.3 is 10.4 Å². The predicted molar refractivity (Wildman–Crippen MR) is 81.2 cm³/mol. The molecule has 0 radical (unpaired) electrons. The Morgan fingerprint density at radius 1 is 1.19 bits per heavy atom. The van der Waals surface area contributed by atoms with Crippen LogP contribution >= 0.6 is 0 Å². The van der Waals surface area contributed by atoms with Crippen LogP contribution in [0, 0.1) is 5.92 Å². The lowest BCUT2D eigenvalue weighted by molar-refractivity contribution is -0.121. The fourth-order valence-electron chi connectivity index (χ4n) is 2.46. The average Bonchev–Trinajstić information content (AvgIpc) is 2.52. The normalized spacial score (nSPS) is 17.4. The molecule has 1 aromatic rings. The zero-order valence-corrected chi connectivity index (χ0v) is 12.0. The number of nitrogens with one attached hydrogen (secondary N) is 1. The molecule has 2 N–H and O–H groups in total. The molecule has 1 atom stereocenters. The summed E-state index contributed by atoms with van der Waals surface area (Å²) < 4.78 is 0. The predicted octanol–water partition coefficient (Wildman–Crippen LogP) is 2.79. The molecule has 0 spiro atoms. The summed E-state index contributed by atoms with van der Waals surface area (Å²) in [6.45, 7) is 0.751. The number of benzene rings is 1. The summed E-state index contributed by atoms with van der Waals surface area (Å²) in [4.78, 5) is 22.6. The monoisotopic (exact) mass is 287 g/mol. The molecular formula is C17H21NO3. The lowest BCUT2D eigenvalue weighted by atomic mass is 9.94. The van der Waals surface area contributed by atoms with E-state index in [0.29, 0.717) is 18.8 Å². The summed E-state index contributed by atoms with van der Waals surface area (Å²) in [7, 11) is 0. The number of carboxylic acid groups (broad SMARTS) is 1. The molecule has 1 aromatic carbocycles. The number of carbonyl (C=O) groups excluding carboxylic acids is 1. The number of allylic oxidation sites excluding steroid dienone is 2. The Hall–Kier alpha value is -2.10. The van der Waals surface area contributed by atoms with Gasteiger partial charge in [-0.2, -0.15) is 0 Å². The molecule has 21 heavy (non-hydrogen) atoms. The van der Waals surface area contributed by atoms with Crippen molar-refractivity contribution < 1.29 is 14.7 Å². The number of hydrogen-bond acceptors (Lipinski definition) is 2. The first-order chi connectivity index (χ1) is 10.1. The highest BCUT2D eigenvalue weighted by Gasteiger charge is 2.11. The highest BCUT2D eigenvalue weighted by atomic mass is 16.4. The summed E-state index contributed by atoms with van der Waals surface area (Å²) in [6, 6.07) is 6.68. The van der Waals surface area contributed by atoms with E-state index in [1.54, 1.807) is 24.3 Å². The van der Waals surface area contributed by atoms with Crippen LogP contribution in [-0.4, -0.2) is 23.5 Å². The molecule has 4 heteroatoms. The van der Waals surface area contributed by atoms with Crippen molar-refractivity contribution >= 4 is 11.9 Å². The maximum Gasteiger partial charge on any atom is 0.335 e. The van der Waals surface area contributed by atoms with Gasteiger partial charge in [-0.05, 0) is 49.3 Å². The van der Waals surface area contributed by atoms with E-state index in [2.05, 4.69) is 17.5 Å². The van der Waals surface area contributed by atoms with Gasteiger partial charge in [-0.25, -0.2) is 4.79 Å². The van der Waals surface area contributed by atoms with Crippen molar-refractivity contribution in [2.24, 2.45) is 5.92 Å². The van der Waals surface area contributed by atoms with Crippen LogP contribution in [0.5, 0.6) is 0 Å². The van der Waals surface area contributed by atoms with Crippen molar-refractivity contribution in [3.05, 3.63) is 47.5 Å².